The lowest BCUT2D eigenvalue weighted by Gasteiger charge is -2.39. The molecule has 2 unspecified atom stereocenters. The predicted octanol–water partition coefficient (Wildman–Crippen LogP) is 5.26. The van der Waals surface area contributed by atoms with Crippen molar-refractivity contribution in [3.8, 4) is 5.75 Å². The molecule has 3 atom stereocenters. The molecule has 2 nitrogen and oxygen atoms in total. The Morgan fingerprint density at radius 2 is 1.77 bits per heavy atom. The molecule has 3 heteroatoms. The van der Waals surface area contributed by atoms with E-state index in [-0.39, 0.29) is 16.8 Å². The lowest BCUT2D eigenvalue weighted by Crippen LogP contribution is -2.46. The van der Waals surface area contributed by atoms with Gasteiger partial charge in [0.15, 0.2) is 0 Å². The zero-order valence-electron chi connectivity index (χ0n) is 13.9. The van der Waals surface area contributed by atoms with Crippen molar-refractivity contribution in [1.29, 1.82) is 0 Å². The molecule has 1 N–H and O–H groups in total. The molecule has 3 rings (SSSR count). The van der Waals surface area contributed by atoms with E-state index in [0.29, 0.717) is 11.8 Å². The quantitative estimate of drug-likeness (QED) is 0.725. The van der Waals surface area contributed by atoms with Gasteiger partial charge in [0.1, 0.15) is 5.75 Å². The SMILES string of the molecule is CC(Cl)C1c2c(cc(O)c3ccccc23)N(C(C)(C)C)[C@H]1C. The van der Waals surface area contributed by atoms with Crippen LogP contribution in [0.5, 0.6) is 5.75 Å². The van der Waals surface area contributed by atoms with Gasteiger partial charge in [0.05, 0.1) is 0 Å². The van der Waals surface area contributed by atoms with Crippen molar-refractivity contribution in [2.24, 2.45) is 0 Å². The van der Waals surface area contributed by atoms with Gasteiger partial charge in [0.25, 0.3) is 0 Å². The minimum absolute atomic E-state index is 0.0242. The third-order valence-corrected chi connectivity index (χ3v) is 5.05. The average Bonchev–Trinajstić information content (AvgIpc) is 2.71. The third kappa shape index (κ3) is 2.16. The molecule has 1 aliphatic heterocycles. The Kier molecular flexibility index (Phi) is 3.56. The van der Waals surface area contributed by atoms with E-state index in [9.17, 15) is 5.11 Å². The van der Waals surface area contributed by atoms with Crippen LogP contribution >= 0.6 is 11.6 Å². The number of hydrogen-bond acceptors (Lipinski definition) is 2. The van der Waals surface area contributed by atoms with Gasteiger partial charge in [-0.2, -0.15) is 0 Å². The average molecular weight is 318 g/mol. The highest BCUT2D eigenvalue weighted by atomic mass is 35.5. The van der Waals surface area contributed by atoms with Gasteiger partial charge in [-0.25, -0.2) is 0 Å². The maximum Gasteiger partial charge on any atom is 0.125 e. The minimum atomic E-state index is -0.0242. The molecule has 0 saturated heterocycles. The summed E-state index contributed by atoms with van der Waals surface area (Å²) in [6, 6.07) is 10.3. The van der Waals surface area contributed by atoms with Gasteiger partial charge in [-0.1, -0.05) is 24.3 Å². The molecule has 2 aromatic rings. The van der Waals surface area contributed by atoms with Gasteiger partial charge in [0.2, 0.25) is 0 Å². The fraction of sp³-hybridized carbons (Fsp3) is 0.474. The van der Waals surface area contributed by atoms with E-state index < -0.39 is 0 Å². The van der Waals surface area contributed by atoms with E-state index in [1.165, 1.54) is 5.56 Å². The number of hydrogen-bond donors (Lipinski definition) is 1. The molecule has 22 heavy (non-hydrogen) atoms. The van der Waals surface area contributed by atoms with Crippen LogP contribution in [0.15, 0.2) is 30.3 Å². The smallest absolute Gasteiger partial charge is 0.125 e. The van der Waals surface area contributed by atoms with Crippen molar-refractivity contribution in [2.75, 3.05) is 4.90 Å². The van der Waals surface area contributed by atoms with Crippen LogP contribution in [0.1, 0.15) is 46.1 Å². The molecular formula is C19H24ClNO. The first kappa shape index (κ1) is 15.5. The van der Waals surface area contributed by atoms with Crippen LogP contribution in [0.2, 0.25) is 0 Å². The lowest BCUT2D eigenvalue weighted by molar-refractivity contribution is 0.432. The van der Waals surface area contributed by atoms with Crippen molar-refractivity contribution >= 4 is 28.1 Å². The normalized spacial score (nSPS) is 22.9. The molecule has 0 bridgehead atoms. The van der Waals surface area contributed by atoms with Gasteiger partial charge in [-0.15, -0.1) is 11.6 Å². The van der Waals surface area contributed by atoms with Crippen LogP contribution in [-0.4, -0.2) is 22.1 Å². The Morgan fingerprint density at radius 3 is 2.32 bits per heavy atom. The van der Waals surface area contributed by atoms with Crippen LogP contribution in [0, 0.1) is 0 Å². The number of phenolic OH excluding ortho intramolecular Hbond substituents is 1. The van der Waals surface area contributed by atoms with Crippen LogP contribution in [0.3, 0.4) is 0 Å². The van der Waals surface area contributed by atoms with Crippen LogP contribution in [0.4, 0.5) is 5.69 Å². The first-order chi connectivity index (χ1) is 10.2. The number of halogens is 1. The maximum atomic E-state index is 10.5. The fourth-order valence-electron chi connectivity index (χ4n) is 4.12. The summed E-state index contributed by atoms with van der Waals surface area (Å²) >= 11 is 6.57. The molecule has 1 aliphatic rings. The number of phenols is 1. The summed E-state index contributed by atoms with van der Waals surface area (Å²) < 4.78 is 0. The van der Waals surface area contributed by atoms with Gasteiger partial charge in [0, 0.05) is 40.0 Å². The highest BCUT2D eigenvalue weighted by Crippen LogP contribution is 2.51. The summed E-state index contributed by atoms with van der Waals surface area (Å²) in [6.45, 7) is 10.9. The second-order valence-electron chi connectivity index (χ2n) is 7.36. The molecule has 0 saturated carbocycles. The summed E-state index contributed by atoms with van der Waals surface area (Å²) in [7, 11) is 0. The van der Waals surface area contributed by atoms with E-state index in [1.54, 1.807) is 0 Å². The Balaban J connectivity index is 2.37. The molecule has 118 valence electrons. The largest absolute Gasteiger partial charge is 0.507 e. The van der Waals surface area contributed by atoms with E-state index in [2.05, 4.69) is 45.6 Å². The zero-order valence-corrected chi connectivity index (χ0v) is 14.6. The highest BCUT2D eigenvalue weighted by Gasteiger charge is 2.43. The summed E-state index contributed by atoms with van der Waals surface area (Å²) in [6.07, 6.45) is 0. The summed E-state index contributed by atoms with van der Waals surface area (Å²) in [5.74, 6) is 0.597. The Bertz CT molecular complexity index is 717. The molecular weight excluding hydrogens is 294 g/mol. The van der Waals surface area contributed by atoms with Crippen LogP contribution in [0.25, 0.3) is 10.8 Å². The molecule has 0 fully saturated rings. The van der Waals surface area contributed by atoms with Crippen LogP contribution in [-0.2, 0) is 0 Å². The van der Waals surface area contributed by atoms with E-state index in [1.807, 2.05) is 24.3 Å². The maximum absolute atomic E-state index is 10.5. The molecule has 0 spiro atoms. The van der Waals surface area contributed by atoms with Gasteiger partial charge in [-0.05, 0) is 45.6 Å². The highest BCUT2D eigenvalue weighted by molar-refractivity contribution is 6.21. The zero-order chi connectivity index (χ0) is 16.2. The van der Waals surface area contributed by atoms with Crippen molar-refractivity contribution in [3.05, 3.63) is 35.9 Å². The second-order valence-corrected chi connectivity index (χ2v) is 8.05. The standard InChI is InChI=1S/C19H24ClNO/c1-11(20)17-12(2)21(19(3,4)5)15-10-16(22)13-8-6-7-9-14(13)18(15)17/h6-12,17,22H,1-5H3/t11?,12-,17?/m0/s1. The predicted molar refractivity (Wildman–Crippen MR) is 95.4 cm³/mol. The molecule has 0 aromatic heterocycles. The Labute approximate surface area is 137 Å². The molecule has 0 radical (unpaired) electrons. The van der Waals surface area contributed by atoms with Gasteiger partial charge < -0.3 is 10.0 Å². The minimum Gasteiger partial charge on any atom is -0.507 e. The first-order valence-electron chi connectivity index (χ1n) is 7.91. The number of rotatable bonds is 1. The molecule has 2 aromatic carbocycles. The molecule has 0 aliphatic carbocycles. The molecule has 0 amide bonds. The van der Waals surface area contributed by atoms with Gasteiger partial charge >= 0.3 is 0 Å². The van der Waals surface area contributed by atoms with Crippen molar-refractivity contribution in [2.45, 2.75) is 57.5 Å². The summed E-state index contributed by atoms with van der Waals surface area (Å²) in [5.41, 5.74) is 2.37. The Hall–Kier alpha value is -1.41. The van der Waals surface area contributed by atoms with Crippen LogP contribution < -0.4 is 4.90 Å². The fourth-order valence-corrected chi connectivity index (χ4v) is 4.46. The monoisotopic (exact) mass is 317 g/mol. The third-order valence-electron chi connectivity index (χ3n) is 4.78. The van der Waals surface area contributed by atoms with Crippen molar-refractivity contribution in [3.63, 3.8) is 0 Å². The van der Waals surface area contributed by atoms with E-state index in [4.69, 9.17) is 11.6 Å². The number of nitrogens with zero attached hydrogens (tertiary/aromatic N) is 1. The Morgan fingerprint density at radius 1 is 1.18 bits per heavy atom. The molecule has 1 heterocycles. The van der Waals surface area contributed by atoms with Gasteiger partial charge in [-0.3, -0.25) is 0 Å². The van der Waals surface area contributed by atoms with Crippen molar-refractivity contribution < 1.29 is 5.11 Å². The summed E-state index contributed by atoms with van der Waals surface area (Å²) in [4.78, 5) is 2.40. The summed E-state index contributed by atoms with van der Waals surface area (Å²) in [5, 5.41) is 12.5. The lowest BCUT2D eigenvalue weighted by atomic mass is 9.89. The second kappa shape index (κ2) is 5.06. The number of fused-ring (bicyclic) bond motifs is 3. The topological polar surface area (TPSA) is 23.5 Å². The number of anilines is 1. The first-order valence-corrected chi connectivity index (χ1v) is 8.35. The van der Waals surface area contributed by atoms with E-state index in [0.717, 1.165) is 16.5 Å². The number of alkyl halides is 1. The number of aromatic hydroxyl groups is 1. The number of benzene rings is 2. The van der Waals surface area contributed by atoms with Crippen molar-refractivity contribution in [1.82, 2.24) is 0 Å². The van der Waals surface area contributed by atoms with E-state index >= 15 is 0 Å².